The second kappa shape index (κ2) is 5.79. The van der Waals surface area contributed by atoms with Crippen molar-refractivity contribution in [3.05, 3.63) is 0 Å². The van der Waals surface area contributed by atoms with Crippen LogP contribution in [0.25, 0.3) is 0 Å². The molecule has 0 aromatic heterocycles. The van der Waals surface area contributed by atoms with Gasteiger partial charge in [-0.05, 0) is 19.8 Å². The molecule has 1 aliphatic rings. The predicted molar refractivity (Wildman–Crippen MR) is 63.6 cm³/mol. The Kier molecular flexibility index (Phi) is 4.91. The summed E-state index contributed by atoms with van der Waals surface area (Å²) in [5, 5.41) is 0. The average molecular weight is 264 g/mol. The summed E-state index contributed by atoms with van der Waals surface area (Å²) in [4.78, 5) is 11.0. The van der Waals surface area contributed by atoms with Gasteiger partial charge in [-0.1, -0.05) is 0 Å². The molecule has 1 saturated heterocycles. The van der Waals surface area contributed by atoms with Crippen LogP contribution >= 0.6 is 0 Å². The molecule has 0 saturated carbocycles. The van der Waals surface area contributed by atoms with Crippen molar-refractivity contribution in [3.8, 4) is 0 Å². The second-order valence-electron chi connectivity index (χ2n) is 4.26. The van der Waals surface area contributed by atoms with Crippen molar-refractivity contribution >= 4 is 16.2 Å². The molecule has 1 aliphatic heterocycles. The molecule has 6 nitrogen and oxygen atoms in total. The first-order valence-electron chi connectivity index (χ1n) is 5.69. The van der Waals surface area contributed by atoms with Crippen molar-refractivity contribution in [1.29, 1.82) is 0 Å². The van der Waals surface area contributed by atoms with Gasteiger partial charge < -0.3 is 4.74 Å². The maximum Gasteiger partial charge on any atom is 0.306 e. The van der Waals surface area contributed by atoms with Crippen LogP contribution in [0.5, 0.6) is 0 Å². The van der Waals surface area contributed by atoms with Crippen LogP contribution in [0.3, 0.4) is 0 Å². The fraction of sp³-hybridized carbons (Fsp3) is 0.900. The molecule has 1 heterocycles. The lowest BCUT2D eigenvalue weighted by Gasteiger charge is -2.26. The molecule has 0 aromatic rings. The Morgan fingerprint density at radius 1 is 1.53 bits per heavy atom. The number of methoxy groups -OCH3 is 1. The monoisotopic (exact) mass is 264 g/mol. The van der Waals surface area contributed by atoms with E-state index >= 15 is 0 Å². The highest BCUT2D eigenvalue weighted by atomic mass is 32.2. The lowest BCUT2D eigenvalue weighted by molar-refractivity contribution is -0.140. The van der Waals surface area contributed by atoms with Gasteiger partial charge in [-0.25, -0.2) is 0 Å². The van der Waals surface area contributed by atoms with Gasteiger partial charge in [0.2, 0.25) is 0 Å². The van der Waals surface area contributed by atoms with Gasteiger partial charge in [0.05, 0.1) is 13.5 Å². The number of carbonyl (C=O) groups excluding carboxylic acids is 1. The van der Waals surface area contributed by atoms with E-state index in [-0.39, 0.29) is 19.0 Å². The first-order valence-corrected chi connectivity index (χ1v) is 7.09. The number of hydrogen-bond acceptors (Lipinski definition) is 4. The summed E-state index contributed by atoms with van der Waals surface area (Å²) in [6, 6.07) is 0.0422. The van der Waals surface area contributed by atoms with Gasteiger partial charge in [0.1, 0.15) is 0 Å². The summed E-state index contributed by atoms with van der Waals surface area (Å²) in [5.74, 6) is -0.401. The Morgan fingerprint density at radius 3 is 2.65 bits per heavy atom. The predicted octanol–water partition coefficient (Wildman–Crippen LogP) is 0.210. The number of hydrogen-bond donors (Lipinski definition) is 0. The van der Waals surface area contributed by atoms with Crippen LogP contribution in [0.15, 0.2) is 0 Å². The molecule has 0 radical (unpaired) electrons. The van der Waals surface area contributed by atoms with E-state index in [9.17, 15) is 13.2 Å². The van der Waals surface area contributed by atoms with E-state index < -0.39 is 16.2 Å². The topological polar surface area (TPSA) is 66.9 Å². The third-order valence-electron chi connectivity index (χ3n) is 3.04. The Labute approximate surface area is 103 Å². The van der Waals surface area contributed by atoms with Gasteiger partial charge in [0.15, 0.2) is 0 Å². The van der Waals surface area contributed by atoms with Crippen molar-refractivity contribution in [3.63, 3.8) is 0 Å². The van der Waals surface area contributed by atoms with Gasteiger partial charge in [0, 0.05) is 26.2 Å². The number of rotatable bonds is 5. The standard InChI is InChI=1S/C10H20N2O4S/c1-9-5-4-7-12(9)17(14,15)11(2)8-6-10(13)16-3/h9H,4-8H2,1-3H3. The molecule has 7 heteroatoms. The summed E-state index contributed by atoms with van der Waals surface area (Å²) in [7, 11) is -0.652. The lowest BCUT2D eigenvalue weighted by atomic mass is 10.3. The quantitative estimate of drug-likeness (QED) is 0.666. The molecule has 1 atom stereocenters. The minimum absolute atomic E-state index is 0.0422. The molecule has 1 rings (SSSR count). The first kappa shape index (κ1) is 14.4. The summed E-state index contributed by atoms with van der Waals surface area (Å²) in [6.45, 7) is 2.61. The largest absolute Gasteiger partial charge is 0.469 e. The van der Waals surface area contributed by atoms with Gasteiger partial charge in [-0.3, -0.25) is 4.79 Å². The third kappa shape index (κ3) is 3.40. The van der Waals surface area contributed by atoms with Crippen molar-refractivity contribution in [2.24, 2.45) is 0 Å². The minimum Gasteiger partial charge on any atom is -0.469 e. The number of carbonyl (C=O) groups is 1. The van der Waals surface area contributed by atoms with Crippen LogP contribution in [0.4, 0.5) is 0 Å². The van der Waals surface area contributed by atoms with Gasteiger partial charge in [0.25, 0.3) is 10.2 Å². The summed E-state index contributed by atoms with van der Waals surface area (Å²) >= 11 is 0. The van der Waals surface area contributed by atoms with E-state index in [1.807, 2.05) is 6.92 Å². The van der Waals surface area contributed by atoms with E-state index in [1.165, 1.54) is 22.8 Å². The van der Waals surface area contributed by atoms with Crippen LogP contribution in [0.2, 0.25) is 0 Å². The zero-order valence-corrected chi connectivity index (χ0v) is 11.4. The smallest absolute Gasteiger partial charge is 0.306 e. The molecule has 100 valence electrons. The summed E-state index contributed by atoms with van der Waals surface area (Å²) in [5.41, 5.74) is 0. The number of esters is 1. The molecule has 1 unspecified atom stereocenters. The Bertz CT molecular complexity index is 369. The molecule has 0 aliphatic carbocycles. The van der Waals surface area contributed by atoms with Crippen molar-refractivity contribution in [1.82, 2.24) is 8.61 Å². The highest BCUT2D eigenvalue weighted by molar-refractivity contribution is 7.86. The lowest BCUT2D eigenvalue weighted by Crippen LogP contribution is -2.44. The minimum atomic E-state index is -3.43. The van der Waals surface area contributed by atoms with E-state index in [4.69, 9.17) is 0 Å². The maximum absolute atomic E-state index is 12.1. The molecule has 0 amide bonds. The molecule has 0 spiro atoms. The Balaban J connectivity index is 2.60. The van der Waals surface area contributed by atoms with Crippen molar-refractivity contribution in [2.75, 3.05) is 27.2 Å². The van der Waals surface area contributed by atoms with Crippen LogP contribution in [0.1, 0.15) is 26.2 Å². The average Bonchev–Trinajstić information content (AvgIpc) is 2.72. The SMILES string of the molecule is COC(=O)CCN(C)S(=O)(=O)N1CCCC1C. The summed E-state index contributed by atoms with van der Waals surface area (Å²) < 4.78 is 31.5. The molecular formula is C10H20N2O4S. The van der Waals surface area contributed by atoms with Gasteiger partial charge in [-0.2, -0.15) is 17.0 Å². The zero-order chi connectivity index (χ0) is 13.1. The Morgan fingerprint density at radius 2 is 2.18 bits per heavy atom. The van der Waals surface area contributed by atoms with Crippen molar-refractivity contribution < 1.29 is 17.9 Å². The van der Waals surface area contributed by atoms with Crippen molar-refractivity contribution in [2.45, 2.75) is 32.2 Å². The van der Waals surface area contributed by atoms with Crippen LogP contribution in [0, 0.1) is 0 Å². The molecule has 1 fully saturated rings. The normalized spacial score (nSPS) is 22.0. The van der Waals surface area contributed by atoms with Gasteiger partial charge >= 0.3 is 5.97 Å². The molecule has 0 bridgehead atoms. The number of nitrogens with zero attached hydrogens (tertiary/aromatic N) is 2. The molecule has 0 N–H and O–H groups in total. The highest BCUT2D eigenvalue weighted by Crippen LogP contribution is 2.22. The molecule has 0 aromatic carbocycles. The molecular weight excluding hydrogens is 244 g/mol. The van der Waals surface area contributed by atoms with Gasteiger partial charge in [-0.15, -0.1) is 0 Å². The second-order valence-corrected chi connectivity index (χ2v) is 6.25. The van der Waals surface area contributed by atoms with Crippen LogP contribution in [-0.4, -0.2) is 56.3 Å². The first-order chi connectivity index (χ1) is 7.89. The van der Waals surface area contributed by atoms with E-state index in [2.05, 4.69) is 4.74 Å². The highest BCUT2D eigenvalue weighted by Gasteiger charge is 2.34. The fourth-order valence-electron chi connectivity index (χ4n) is 1.89. The third-order valence-corrected chi connectivity index (χ3v) is 5.15. The maximum atomic E-state index is 12.1. The Hall–Kier alpha value is -0.660. The van der Waals surface area contributed by atoms with E-state index in [0.29, 0.717) is 6.54 Å². The molecule has 17 heavy (non-hydrogen) atoms. The fourth-order valence-corrected chi connectivity index (χ4v) is 3.49. The number of ether oxygens (including phenoxy) is 1. The van der Waals surface area contributed by atoms with E-state index in [0.717, 1.165) is 12.8 Å². The van der Waals surface area contributed by atoms with Crippen LogP contribution in [-0.2, 0) is 19.7 Å². The van der Waals surface area contributed by atoms with Crippen LogP contribution < -0.4 is 0 Å². The summed E-state index contributed by atoms with van der Waals surface area (Å²) in [6.07, 6.45) is 1.86. The zero-order valence-electron chi connectivity index (χ0n) is 10.5. The van der Waals surface area contributed by atoms with E-state index in [1.54, 1.807) is 0 Å².